The minimum Gasteiger partial charge on any atom is -0.396 e. The van der Waals surface area contributed by atoms with Crippen molar-refractivity contribution < 1.29 is 4.52 Å². The van der Waals surface area contributed by atoms with Gasteiger partial charge in [0.05, 0.1) is 15.7 Å². The van der Waals surface area contributed by atoms with Crippen LogP contribution in [0.15, 0.2) is 16.7 Å². The Morgan fingerprint density at radius 3 is 2.32 bits per heavy atom. The first-order valence-electron chi connectivity index (χ1n) is 5.84. The van der Waals surface area contributed by atoms with E-state index in [1.165, 1.54) is 0 Å². The lowest BCUT2D eigenvalue weighted by Crippen LogP contribution is -2.10. The predicted octanol–water partition coefficient (Wildman–Crippen LogP) is 4.21. The highest BCUT2D eigenvalue weighted by molar-refractivity contribution is 6.39. The lowest BCUT2D eigenvalue weighted by molar-refractivity contribution is 0.374. The van der Waals surface area contributed by atoms with Crippen molar-refractivity contribution in [2.45, 2.75) is 27.2 Å². The molecule has 0 amide bonds. The molecule has 4 nitrogen and oxygen atoms in total. The van der Waals surface area contributed by atoms with Crippen molar-refractivity contribution in [2.24, 2.45) is 5.41 Å². The number of halogens is 2. The van der Waals surface area contributed by atoms with Gasteiger partial charge >= 0.3 is 0 Å². The number of nitrogens with two attached hydrogens (primary N) is 1. The zero-order valence-corrected chi connectivity index (χ0v) is 12.5. The highest BCUT2D eigenvalue weighted by Crippen LogP contribution is 2.33. The molecule has 6 heteroatoms. The average Bonchev–Trinajstić information content (AvgIpc) is 2.71. The molecule has 0 aliphatic carbocycles. The van der Waals surface area contributed by atoms with E-state index < -0.39 is 0 Å². The maximum absolute atomic E-state index is 5.98. The smallest absolute Gasteiger partial charge is 0.258 e. The summed E-state index contributed by atoms with van der Waals surface area (Å²) in [5.41, 5.74) is 6.79. The second kappa shape index (κ2) is 5.02. The molecular formula is C13H15Cl2N3O. The molecule has 0 aliphatic heterocycles. The van der Waals surface area contributed by atoms with Crippen molar-refractivity contribution >= 4 is 28.9 Å². The van der Waals surface area contributed by atoms with E-state index in [1.54, 1.807) is 12.1 Å². The molecule has 0 atom stereocenters. The van der Waals surface area contributed by atoms with Gasteiger partial charge in [0.2, 0.25) is 0 Å². The minimum atomic E-state index is 0.0948. The molecule has 0 bridgehead atoms. The van der Waals surface area contributed by atoms with Crippen LogP contribution in [0.2, 0.25) is 10.0 Å². The van der Waals surface area contributed by atoms with Gasteiger partial charge in [-0.05, 0) is 17.5 Å². The molecule has 1 heterocycles. The molecule has 0 spiro atoms. The van der Waals surface area contributed by atoms with Crippen molar-refractivity contribution in [1.82, 2.24) is 10.1 Å². The Bertz CT molecular complexity index is 579. The van der Waals surface area contributed by atoms with E-state index in [0.29, 0.717) is 33.0 Å². The van der Waals surface area contributed by atoms with Gasteiger partial charge in [0.15, 0.2) is 5.82 Å². The topological polar surface area (TPSA) is 64.9 Å². The molecule has 2 aromatic rings. The summed E-state index contributed by atoms with van der Waals surface area (Å²) in [5, 5.41) is 4.70. The van der Waals surface area contributed by atoms with E-state index >= 15 is 0 Å². The van der Waals surface area contributed by atoms with Crippen LogP contribution < -0.4 is 5.73 Å². The Labute approximate surface area is 121 Å². The maximum atomic E-state index is 5.98. The van der Waals surface area contributed by atoms with Crippen LogP contribution in [0, 0.1) is 5.41 Å². The van der Waals surface area contributed by atoms with Crippen LogP contribution in [-0.2, 0) is 6.42 Å². The Balaban J connectivity index is 2.33. The summed E-state index contributed by atoms with van der Waals surface area (Å²) in [6, 6.07) is 3.33. The Morgan fingerprint density at radius 2 is 1.79 bits per heavy atom. The minimum absolute atomic E-state index is 0.0948. The normalized spacial score (nSPS) is 11.8. The number of nitrogen functional groups attached to an aromatic ring is 1. The number of aromatic nitrogens is 2. The van der Waals surface area contributed by atoms with Crippen LogP contribution in [0.1, 0.15) is 26.6 Å². The molecule has 2 rings (SSSR count). The Kier molecular flexibility index (Phi) is 3.74. The summed E-state index contributed by atoms with van der Waals surface area (Å²) in [6.45, 7) is 6.33. The molecule has 1 aromatic heterocycles. The van der Waals surface area contributed by atoms with Crippen molar-refractivity contribution in [3.05, 3.63) is 28.0 Å². The van der Waals surface area contributed by atoms with Crippen molar-refractivity contribution in [3.63, 3.8) is 0 Å². The van der Waals surface area contributed by atoms with E-state index in [-0.39, 0.29) is 5.41 Å². The molecule has 0 saturated heterocycles. The zero-order valence-electron chi connectivity index (χ0n) is 11.0. The Morgan fingerprint density at radius 1 is 1.21 bits per heavy atom. The predicted molar refractivity (Wildman–Crippen MR) is 77.3 cm³/mol. The largest absolute Gasteiger partial charge is 0.396 e. The van der Waals surface area contributed by atoms with Crippen LogP contribution in [0.4, 0.5) is 5.69 Å². The molecule has 0 radical (unpaired) electrons. The fraction of sp³-hybridized carbons (Fsp3) is 0.385. The summed E-state index contributed by atoms with van der Waals surface area (Å²) in [5.74, 6) is 1.05. The van der Waals surface area contributed by atoms with Gasteiger partial charge in [0.25, 0.3) is 5.89 Å². The third kappa shape index (κ3) is 3.39. The van der Waals surface area contributed by atoms with Gasteiger partial charge in [-0.3, -0.25) is 0 Å². The van der Waals surface area contributed by atoms with E-state index in [9.17, 15) is 0 Å². The van der Waals surface area contributed by atoms with Gasteiger partial charge in [-0.25, -0.2) is 0 Å². The first kappa shape index (κ1) is 14.2. The number of nitrogens with zero attached hydrogens (tertiary/aromatic N) is 2. The fourth-order valence-electron chi connectivity index (χ4n) is 1.63. The number of hydrogen-bond acceptors (Lipinski definition) is 4. The third-order valence-electron chi connectivity index (χ3n) is 2.48. The molecule has 19 heavy (non-hydrogen) atoms. The number of hydrogen-bond donors (Lipinski definition) is 1. The number of anilines is 1. The highest BCUT2D eigenvalue weighted by atomic mass is 35.5. The number of rotatable bonds is 2. The van der Waals surface area contributed by atoms with Gasteiger partial charge in [-0.15, -0.1) is 0 Å². The van der Waals surface area contributed by atoms with Gasteiger partial charge in [0.1, 0.15) is 0 Å². The lowest BCUT2D eigenvalue weighted by Gasteiger charge is -2.14. The monoisotopic (exact) mass is 299 g/mol. The fourth-order valence-corrected chi connectivity index (χ4v) is 2.11. The maximum Gasteiger partial charge on any atom is 0.258 e. The second-order valence-electron chi connectivity index (χ2n) is 5.61. The van der Waals surface area contributed by atoms with E-state index in [1.807, 2.05) is 0 Å². The molecule has 102 valence electrons. The van der Waals surface area contributed by atoms with Gasteiger partial charge in [-0.2, -0.15) is 4.98 Å². The van der Waals surface area contributed by atoms with Crippen LogP contribution in [-0.4, -0.2) is 10.1 Å². The highest BCUT2D eigenvalue weighted by Gasteiger charge is 2.17. The second-order valence-corrected chi connectivity index (χ2v) is 6.42. The van der Waals surface area contributed by atoms with Crippen LogP contribution in [0.25, 0.3) is 11.5 Å². The van der Waals surface area contributed by atoms with E-state index in [4.69, 9.17) is 33.5 Å². The molecule has 0 fully saturated rings. The van der Waals surface area contributed by atoms with Gasteiger partial charge in [-0.1, -0.05) is 49.1 Å². The summed E-state index contributed by atoms with van der Waals surface area (Å²) in [4.78, 5) is 4.34. The first-order chi connectivity index (χ1) is 8.76. The van der Waals surface area contributed by atoms with Crippen LogP contribution in [0.5, 0.6) is 0 Å². The summed E-state index contributed by atoms with van der Waals surface area (Å²) in [6.07, 6.45) is 0.729. The van der Waals surface area contributed by atoms with Crippen LogP contribution >= 0.6 is 23.2 Å². The van der Waals surface area contributed by atoms with Crippen molar-refractivity contribution in [1.29, 1.82) is 0 Å². The van der Waals surface area contributed by atoms with Crippen molar-refractivity contribution in [2.75, 3.05) is 5.73 Å². The van der Waals surface area contributed by atoms with E-state index in [2.05, 4.69) is 30.9 Å². The quantitative estimate of drug-likeness (QED) is 0.844. The van der Waals surface area contributed by atoms with Crippen LogP contribution in [0.3, 0.4) is 0 Å². The summed E-state index contributed by atoms with van der Waals surface area (Å²) in [7, 11) is 0. The van der Waals surface area contributed by atoms with E-state index in [0.717, 1.165) is 6.42 Å². The first-order valence-corrected chi connectivity index (χ1v) is 6.59. The molecule has 1 aromatic carbocycles. The number of benzene rings is 1. The standard InChI is InChI=1S/C13H15Cl2N3O/c1-13(2,3)6-10-17-12(19-18-10)7-4-8(14)11(16)9(15)5-7/h4-5H,6,16H2,1-3H3. The van der Waals surface area contributed by atoms with Gasteiger partial charge in [0, 0.05) is 12.0 Å². The van der Waals surface area contributed by atoms with Gasteiger partial charge < -0.3 is 10.3 Å². The molecule has 0 aliphatic rings. The third-order valence-corrected chi connectivity index (χ3v) is 3.11. The molecule has 0 unspecified atom stereocenters. The average molecular weight is 300 g/mol. The summed E-state index contributed by atoms with van der Waals surface area (Å²) < 4.78 is 5.23. The molecular weight excluding hydrogens is 285 g/mol. The lowest BCUT2D eigenvalue weighted by atomic mass is 9.92. The SMILES string of the molecule is CC(C)(C)Cc1noc(-c2cc(Cl)c(N)c(Cl)c2)n1. The molecule has 2 N–H and O–H groups in total. The summed E-state index contributed by atoms with van der Waals surface area (Å²) >= 11 is 12.0. The zero-order chi connectivity index (χ0) is 14.2. The Hall–Kier alpha value is -1.26. The van der Waals surface area contributed by atoms with Crippen molar-refractivity contribution in [3.8, 4) is 11.5 Å². The molecule has 0 saturated carbocycles.